The quantitative estimate of drug-likeness (QED) is 0.679. The predicted molar refractivity (Wildman–Crippen MR) is 96.3 cm³/mol. The van der Waals surface area contributed by atoms with Crippen LogP contribution in [0.3, 0.4) is 0 Å². The number of alkyl halides is 3. The van der Waals surface area contributed by atoms with Gasteiger partial charge in [0.2, 0.25) is 0 Å². The van der Waals surface area contributed by atoms with Crippen LogP contribution in [-0.2, 0) is 6.18 Å². The average Bonchev–Trinajstić information content (AvgIpc) is 3.09. The molecule has 2 aromatic heterocycles. The molecular weight excluding hydrogens is 363 g/mol. The number of nitrogens with one attached hydrogen (secondary N) is 1. The third-order valence-corrected chi connectivity index (χ3v) is 4.44. The third-order valence-electron chi connectivity index (χ3n) is 3.83. The minimum atomic E-state index is -4.43. The van der Waals surface area contributed by atoms with Gasteiger partial charge < -0.3 is 5.32 Å². The summed E-state index contributed by atoms with van der Waals surface area (Å²) >= 11 is 1.60. The molecule has 0 saturated carbocycles. The van der Waals surface area contributed by atoms with Crippen molar-refractivity contribution in [1.29, 1.82) is 0 Å². The fraction of sp³-hybridized carbons (Fsp3) is 0.222. The van der Waals surface area contributed by atoms with Crippen molar-refractivity contribution < 1.29 is 18.0 Å². The van der Waals surface area contributed by atoms with Gasteiger partial charge in [-0.2, -0.15) is 30.0 Å². The highest BCUT2D eigenvalue weighted by Crippen LogP contribution is 2.33. The van der Waals surface area contributed by atoms with Gasteiger partial charge in [-0.1, -0.05) is 12.1 Å². The van der Waals surface area contributed by atoms with Crippen LogP contribution in [0.1, 0.15) is 16.1 Å². The molecule has 26 heavy (non-hydrogen) atoms. The monoisotopic (exact) mass is 379 g/mol. The maximum Gasteiger partial charge on any atom is 0.416 e. The first kappa shape index (κ1) is 18.3. The van der Waals surface area contributed by atoms with Crippen LogP contribution in [0.15, 0.2) is 48.7 Å². The van der Waals surface area contributed by atoms with E-state index in [1.54, 1.807) is 36.2 Å². The van der Waals surface area contributed by atoms with Gasteiger partial charge in [-0.3, -0.25) is 4.79 Å². The summed E-state index contributed by atoms with van der Waals surface area (Å²) in [7, 11) is 0. The molecule has 0 aliphatic heterocycles. The molecule has 0 bridgehead atoms. The van der Waals surface area contributed by atoms with Crippen molar-refractivity contribution in [2.45, 2.75) is 6.18 Å². The summed E-state index contributed by atoms with van der Waals surface area (Å²) in [6.45, 7) is 0.490. The fourth-order valence-corrected chi connectivity index (χ4v) is 2.90. The van der Waals surface area contributed by atoms with E-state index in [9.17, 15) is 18.0 Å². The first-order valence-corrected chi connectivity index (χ1v) is 9.22. The number of hydrogen-bond donors (Lipinski definition) is 1. The van der Waals surface area contributed by atoms with E-state index in [1.807, 2.05) is 6.26 Å². The maximum atomic E-state index is 13.0. The van der Waals surface area contributed by atoms with Crippen molar-refractivity contribution in [1.82, 2.24) is 14.9 Å². The number of halogens is 3. The molecule has 1 aromatic carbocycles. The summed E-state index contributed by atoms with van der Waals surface area (Å²) in [6.07, 6.45) is -0.841. The van der Waals surface area contributed by atoms with Gasteiger partial charge in [0.15, 0.2) is 0 Å². The summed E-state index contributed by atoms with van der Waals surface area (Å²) in [5.41, 5.74) is 0.949. The van der Waals surface area contributed by atoms with Crippen molar-refractivity contribution in [3.05, 3.63) is 59.9 Å². The second-order valence-corrected chi connectivity index (χ2v) is 6.59. The summed E-state index contributed by atoms with van der Waals surface area (Å²) < 4.78 is 40.6. The SMILES string of the molecule is CSCCNC(=O)c1cc(-c2cccc(C(F)(F)F)c2)c2cccn2n1. The van der Waals surface area contributed by atoms with Gasteiger partial charge in [0.25, 0.3) is 5.91 Å². The van der Waals surface area contributed by atoms with Gasteiger partial charge in [-0.05, 0) is 42.2 Å². The molecule has 1 amide bonds. The first-order valence-electron chi connectivity index (χ1n) is 7.83. The highest BCUT2D eigenvalue weighted by Gasteiger charge is 2.30. The van der Waals surface area contributed by atoms with Crippen molar-refractivity contribution in [3.8, 4) is 11.1 Å². The van der Waals surface area contributed by atoms with E-state index >= 15 is 0 Å². The molecule has 1 N–H and O–H groups in total. The van der Waals surface area contributed by atoms with E-state index in [2.05, 4.69) is 10.4 Å². The normalized spacial score (nSPS) is 11.7. The number of fused-ring (bicyclic) bond motifs is 1. The largest absolute Gasteiger partial charge is 0.416 e. The molecule has 0 aliphatic rings. The Morgan fingerprint density at radius 2 is 2.04 bits per heavy atom. The van der Waals surface area contributed by atoms with Gasteiger partial charge in [-0.15, -0.1) is 0 Å². The molecule has 0 fully saturated rings. The average molecular weight is 379 g/mol. The Kier molecular flexibility index (Phi) is 5.22. The first-order chi connectivity index (χ1) is 12.4. The number of rotatable bonds is 5. The van der Waals surface area contributed by atoms with E-state index < -0.39 is 11.7 Å². The number of carbonyl (C=O) groups is 1. The summed E-state index contributed by atoms with van der Waals surface area (Å²) in [5.74, 6) is 0.403. The minimum Gasteiger partial charge on any atom is -0.350 e. The summed E-state index contributed by atoms with van der Waals surface area (Å²) in [6, 6.07) is 10.1. The number of hydrogen-bond acceptors (Lipinski definition) is 3. The van der Waals surface area contributed by atoms with Crippen LogP contribution < -0.4 is 5.32 Å². The number of benzene rings is 1. The molecule has 8 heteroatoms. The molecule has 136 valence electrons. The Bertz CT molecular complexity index is 937. The number of amides is 1. The molecule has 0 radical (unpaired) electrons. The second-order valence-electron chi connectivity index (χ2n) is 5.61. The van der Waals surface area contributed by atoms with Crippen LogP contribution in [-0.4, -0.2) is 34.1 Å². The molecule has 4 nitrogen and oxygen atoms in total. The number of thioether (sulfide) groups is 1. The van der Waals surface area contributed by atoms with Crippen LogP contribution in [0.25, 0.3) is 16.6 Å². The van der Waals surface area contributed by atoms with Gasteiger partial charge in [0.05, 0.1) is 11.1 Å². The fourth-order valence-electron chi connectivity index (χ4n) is 2.59. The minimum absolute atomic E-state index is 0.155. The Hall–Kier alpha value is -2.48. The number of aromatic nitrogens is 2. The summed E-state index contributed by atoms with van der Waals surface area (Å²) in [5, 5.41) is 7.00. The molecule has 3 rings (SSSR count). The molecule has 0 atom stereocenters. The van der Waals surface area contributed by atoms with Crippen molar-refractivity contribution >= 4 is 23.2 Å². The van der Waals surface area contributed by atoms with Crippen LogP contribution in [0.5, 0.6) is 0 Å². The Labute approximate surface area is 152 Å². The molecule has 0 saturated heterocycles. The van der Waals surface area contributed by atoms with Crippen molar-refractivity contribution in [3.63, 3.8) is 0 Å². The molecule has 3 aromatic rings. The molecule has 2 heterocycles. The molecular formula is C18H16F3N3OS. The second kappa shape index (κ2) is 7.41. The Morgan fingerprint density at radius 1 is 1.23 bits per heavy atom. The summed E-state index contributed by atoms with van der Waals surface area (Å²) in [4.78, 5) is 12.3. The van der Waals surface area contributed by atoms with E-state index in [0.717, 1.165) is 17.9 Å². The van der Waals surface area contributed by atoms with E-state index in [-0.39, 0.29) is 11.6 Å². The van der Waals surface area contributed by atoms with Crippen LogP contribution in [0, 0.1) is 0 Å². The van der Waals surface area contributed by atoms with Crippen LogP contribution in [0.2, 0.25) is 0 Å². The molecule has 0 spiro atoms. The van der Waals surface area contributed by atoms with Gasteiger partial charge in [0, 0.05) is 24.1 Å². The highest BCUT2D eigenvalue weighted by atomic mass is 32.2. The smallest absolute Gasteiger partial charge is 0.350 e. The molecule has 0 unspecified atom stereocenters. The maximum absolute atomic E-state index is 13.0. The van der Waals surface area contributed by atoms with Crippen molar-refractivity contribution in [2.75, 3.05) is 18.6 Å². The zero-order valence-electron chi connectivity index (χ0n) is 13.9. The zero-order chi connectivity index (χ0) is 18.7. The van der Waals surface area contributed by atoms with Crippen LogP contribution in [0.4, 0.5) is 13.2 Å². The van der Waals surface area contributed by atoms with E-state index in [1.165, 1.54) is 16.6 Å². The zero-order valence-corrected chi connectivity index (χ0v) is 14.7. The lowest BCUT2D eigenvalue weighted by molar-refractivity contribution is -0.137. The third kappa shape index (κ3) is 3.85. The van der Waals surface area contributed by atoms with Gasteiger partial charge in [-0.25, -0.2) is 4.52 Å². The lowest BCUT2D eigenvalue weighted by Gasteiger charge is -2.11. The predicted octanol–water partition coefficient (Wildman–Crippen LogP) is 4.11. The van der Waals surface area contributed by atoms with E-state index in [4.69, 9.17) is 0 Å². The Morgan fingerprint density at radius 3 is 2.77 bits per heavy atom. The van der Waals surface area contributed by atoms with Gasteiger partial charge >= 0.3 is 6.18 Å². The lowest BCUT2D eigenvalue weighted by Crippen LogP contribution is -2.27. The Balaban J connectivity index is 2.05. The van der Waals surface area contributed by atoms with Crippen molar-refractivity contribution in [2.24, 2.45) is 0 Å². The standard InChI is InChI=1S/C18H16F3N3OS/c1-26-9-7-22-17(25)15-11-14(16-6-3-8-24(16)23-15)12-4-2-5-13(10-12)18(19,20)21/h2-6,8,10-11H,7,9H2,1H3,(H,22,25). The van der Waals surface area contributed by atoms with Crippen LogP contribution >= 0.6 is 11.8 Å². The topological polar surface area (TPSA) is 46.4 Å². The van der Waals surface area contributed by atoms with Gasteiger partial charge in [0.1, 0.15) is 5.69 Å². The number of nitrogens with zero attached hydrogens (tertiary/aromatic N) is 2. The number of carbonyl (C=O) groups excluding carboxylic acids is 1. The lowest BCUT2D eigenvalue weighted by atomic mass is 10.0. The highest BCUT2D eigenvalue weighted by molar-refractivity contribution is 7.98. The molecule has 0 aliphatic carbocycles. The van der Waals surface area contributed by atoms with E-state index in [0.29, 0.717) is 23.2 Å².